The zero-order valence-corrected chi connectivity index (χ0v) is 14.4. The smallest absolute Gasteiger partial charge is 0.231 e. The second-order valence-corrected chi connectivity index (χ2v) is 6.75. The number of rotatable bonds is 4. The van der Waals surface area contributed by atoms with Gasteiger partial charge in [0.2, 0.25) is 13.6 Å². The summed E-state index contributed by atoms with van der Waals surface area (Å²) < 4.78 is 27.3. The van der Waals surface area contributed by atoms with Crippen LogP contribution in [0.2, 0.25) is 0 Å². The molecule has 27 heavy (non-hydrogen) atoms. The van der Waals surface area contributed by atoms with Crippen LogP contribution >= 0.6 is 0 Å². The molecular weight excluding hydrogens is 352 g/mol. The third-order valence-corrected chi connectivity index (χ3v) is 5.29. The SMILES string of the molecule is O=C(c1ccc2c(c1)OCO2)[C@H]1CO[C@@H](c2ccc3c(c2)OCO3)[C@@H]1CO. The number of carbonyl (C=O) groups excluding carboxylic acids is 1. The number of aliphatic hydroxyl groups excluding tert-OH is 1. The topological polar surface area (TPSA) is 83.5 Å². The molecule has 7 nitrogen and oxygen atoms in total. The summed E-state index contributed by atoms with van der Waals surface area (Å²) in [6.45, 7) is 0.446. The molecule has 0 radical (unpaired) electrons. The lowest BCUT2D eigenvalue weighted by Gasteiger charge is -2.20. The summed E-state index contributed by atoms with van der Waals surface area (Å²) >= 11 is 0. The lowest BCUT2D eigenvalue weighted by Crippen LogP contribution is -2.26. The number of fused-ring (bicyclic) bond motifs is 2. The molecule has 3 atom stereocenters. The van der Waals surface area contributed by atoms with Crippen LogP contribution in [0.1, 0.15) is 22.0 Å². The number of Topliss-reactive ketones (excluding diaryl/α,β-unsaturated/α-hetero) is 1. The van der Waals surface area contributed by atoms with Crippen LogP contribution in [0, 0.1) is 11.8 Å². The Bertz CT molecular complexity index is 894. The van der Waals surface area contributed by atoms with Crippen molar-refractivity contribution >= 4 is 5.78 Å². The first-order valence-corrected chi connectivity index (χ1v) is 8.80. The molecule has 1 saturated heterocycles. The van der Waals surface area contributed by atoms with Crippen molar-refractivity contribution < 1.29 is 33.6 Å². The lowest BCUT2D eigenvalue weighted by molar-refractivity contribution is 0.0713. The van der Waals surface area contributed by atoms with Crippen LogP contribution in [0.3, 0.4) is 0 Å². The van der Waals surface area contributed by atoms with Gasteiger partial charge >= 0.3 is 0 Å². The fourth-order valence-electron chi connectivity index (χ4n) is 3.86. The molecule has 3 heterocycles. The molecule has 3 aliphatic rings. The highest BCUT2D eigenvalue weighted by Crippen LogP contribution is 2.43. The van der Waals surface area contributed by atoms with Gasteiger partial charge in [-0.15, -0.1) is 0 Å². The van der Waals surface area contributed by atoms with Gasteiger partial charge in [-0.1, -0.05) is 6.07 Å². The lowest BCUT2D eigenvalue weighted by atomic mass is 9.83. The fourth-order valence-corrected chi connectivity index (χ4v) is 3.86. The van der Waals surface area contributed by atoms with Gasteiger partial charge in [0.1, 0.15) is 0 Å². The average Bonchev–Trinajstić information content (AvgIpc) is 3.44. The van der Waals surface area contributed by atoms with Gasteiger partial charge in [0.05, 0.1) is 18.6 Å². The molecule has 1 N–H and O–H groups in total. The molecule has 0 bridgehead atoms. The molecular formula is C20H18O7. The van der Waals surface area contributed by atoms with Gasteiger partial charge in [-0.05, 0) is 35.9 Å². The molecule has 2 aromatic carbocycles. The molecule has 140 valence electrons. The number of benzene rings is 2. The minimum Gasteiger partial charge on any atom is -0.454 e. The second-order valence-electron chi connectivity index (χ2n) is 6.75. The standard InChI is InChI=1S/C20H18O7/c21-7-13-14(19(22)11-1-3-15-17(5-11)26-9-24-15)8-23-20(13)12-2-4-16-18(6-12)27-10-25-16/h1-6,13-14,20-21H,7-10H2/t13-,14+,20+/m1/s1. The Morgan fingerprint density at radius 2 is 1.59 bits per heavy atom. The maximum Gasteiger partial charge on any atom is 0.231 e. The van der Waals surface area contributed by atoms with Gasteiger partial charge in [-0.3, -0.25) is 4.79 Å². The van der Waals surface area contributed by atoms with Crippen molar-refractivity contribution in [2.24, 2.45) is 11.8 Å². The number of ether oxygens (including phenoxy) is 5. The zero-order chi connectivity index (χ0) is 18.4. The molecule has 1 fully saturated rings. The zero-order valence-electron chi connectivity index (χ0n) is 14.4. The molecule has 0 unspecified atom stereocenters. The molecule has 7 heteroatoms. The van der Waals surface area contributed by atoms with Crippen molar-refractivity contribution in [3.63, 3.8) is 0 Å². The third-order valence-electron chi connectivity index (χ3n) is 5.29. The highest BCUT2D eigenvalue weighted by Gasteiger charge is 2.42. The first-order valence-electron chi connectivity index (χ1n) is 8.80. The molecule has 0 aliphatic carbocycles. The maximum absolute atomic E-state index is 13.0. The minimum atomic E-state index is -0.439. The molecule has 0 aromatic heterocycles. The third kappa shape index (κ3) is 2.70. The van der Waals surface area contributed by atoms with Crippen LogP contribution in [0.5, 0.6) is 23.0 Å². The molecule has 0 spiro atoms. The van der Waals surface area contributed by atoms with Crippen LogP contribution < -0.4 is 18.9 Å². The monoisotopic (exact) mass is 370 g/mol. The Labute approximate surface area is 155 Å². The van der Waals surface area contributed by atoms with Gasteiger partial charge in [0, 0.05) is 18.1 Å². The van der Waals surface area contributed by atoms with Gasteiger partial charge in [-0.25, -0.2) is 0 Å². The van der Waals surface area contributed by atoms with Crippen molar-refractivity contribution in [2.75, 3.05) is 26.8 Å². The van der Waals surface area contributed by atoms with Gasteiger partial charge in [0.25, 0.3) is 0 Å². The normalized spacial score (nSPS) is 25.0. The molecule has 3 aliphatic heterocycles. The predicted molar refractivity (Wildman–Crippen MR) is 92.2 cm³/mol. The van der Waals surface area contributed by atoms with Crippen LogP contribution in [-0.4, -0.2) is 37.7 Å². The summed E-state index contributed by atoms with van der Waals surface area (Å²) in [5.74, 6) is 1.67. The van der Waals surface area contributed by atoms with E-state index in [1.807, 2.05) is 18.2 Å². The Hall–Kier alpha value is -2.77. The van der Waals surface area contributed by atoms with E-state index in [4.69, 9.17) is 23.7 Å². The molecule has 0 amide bonds. The Morgan fingerprint density at radius 3 is 2.33 bits per heavy atom. The highest BCUT2D eigenvalue weighted by atomic mass is 16.7. The summed E-state index contributed by atoms with van der Waals surface area (Å²) in [6, 6.07) is 10.7. The molecule has 5 rings (SSSR count). The van der Waals surface area contributed by atoms with Gasteiger partial charge in [-0.2, -0.15) is 0 Å². The van der Waals surface area contributed by atoms with Crippen molar-refractivity contribution in [3.05, 3.63) is 47.5 Å². The van der Waals surface area contributed by atoms with Crippen molar-refractivity contribution in [1.29, 1.82) is 0 Å². The Morgan fingerprint density at radius 1 is 0.926 bits per heavy atom. The second kappa shape index (κ2) is 6.44. The van der Waals surface area contributed by atoms with E-state index in [0.717, 1.165) is 5.56 Å². The van der Waals surface area contributed by atoms with Crippen molar-refractivity contribution in [2.45, 2.75) is 6.10 Å². The van der Waals surface area contributed by atoms with Crippen LogP contribution in [0.4, 0.5) is 0 Å². The van der Waals surface area contributed by atoms with Gasteiger partial charge in [0.15, 0.2) is 28.8 Å². The number of hydrogen-bond acceptors (Lipinski definition) is 7. The van der Waals surface area contributed by atoms with Crippen LogP contribution in [0.25, 0.3) is 0 Å². The number of hydrogen-bond donors (Lipinski definition) is 1. The fraction of sp³-hybridized carbons (Fsp3) is 0.350. The van der Waals surface area contributed by atoms with Crippen molar-refractivity contribution in [3.8, 4) is 23.0 Å². The number of aliphatic hydroxyl groups is 1. The molecule has 2 aromatic rings. The van der Waals surface area contributed by atoms with E-state index in [-0.39, 0.29) is 44.6 Å². The van der Waals surface area contributed by atoms with E-state index >= 15 is 0 Å². The van der Waals surface area contributed by atoms with E-state index in [1.165, 1.54) is 0 Å². The maximum atomic E-state index is 13.0. The first-order chi connectivity index (χ1) is 13.2. The van der Waals surface area contributed by atoms with E-state index in [0.29, 0.717) is 28.6 Å². The van der Waals surface area contributed by atoms with E-state index < -0.39 is 5.92 Å². The van der Waals surface area contributed by atoms with Gasteiger partial charge < -0.3 is 28.8 Å². The Balaban J connectivity index is 1.40. The number of carbonyl (C=O) groups is 1. The summed E-state index contributed by atoms with van der Waals surface area (Å²) in [5, 5.41) is 9.98. The number of ketones is 1. The summed E-state index contributed by atoms with van der Waals surface area (Å²) in [4.78, 5) is 13.0. The first kappa shape index (κ1) is 16.4. The van der Waals surface area contributed by atoms with E-state index in [2.05, 4.69) is 0 Å². The van der Waals surface area contributed by atoms with E-state index in [9.17, 15) is 9.90 Å². The molecule has 0 saturated carbocycles. The van der Waals surface area contributed by atoms with Crippen LogP contribution in [0.15, 0.2) is 36.4 Å². The highest BCUT2D eigenvalue weighted by molar-refractivity contribution is 5.99. The summed E-state index contributed by atoms with van der Waals surface area (Å²) in [5.41, 5.74) is 1.39. The summed E-state index contributed by atoms with van der Waals surface area (Å²) in [6.07, 6.45) is -0.382. The van der Waals surface area contributed by atoms with Crippen molar-refractivity contribution in [1.82, 2.24) is 0 Å². The Kier molecular flexibility index (Phi) is 3.91. The quantitative estimate of drug-likeness (QED) is 0.827. The van der Waals surface area contributed by atoms with Crippen LogP contribution in [-0.2, 0) is 4.74 Å². The van der Waals surface area contributed by atoms with E-state index in [1.54, 1.807) is 18.2 Å². The largest absolute Gasteiger partial charge is 0.454 e. The minimum absolute atomic E-state index is 0.0735. The predicted octanol–water partition coefficient (Wildman–Crippen LogP) is 2.32. The summed E-state index contributed by atoms with van der Waals surface area (Å²) in [7, 11) is 0. The average molecular weight is 370 g/mol.